The molecule has 3 aromatic rings. The molecule has 0 saturated heterocycles. The fraction of sp³-hybridized carbons (Fsp3) is 0. The van der Waals surface area contributed by atoms with Crippen molar-refractivity contribution >= 4 is 28.8 Å². The summed E-state index contributed by atoms with van der Waals surface area (Å²) in [5, 5.41) is 1.47. The maximum Gasteiger partial charge on any atom is 0.153 e. The Bertz CT molecular complexity index is 781. The Morgan fingerprint density at radius 3 is 2.75 bits per heavy atom. The number of nitrogens with zero attached hydrogens (tertiary/aromatic N) is 1. The van der Waals surface area contributed by atoms with Gasteiger partial charge in [0, 0.05) is 16.6 Å². The first-order valence-corrected chi connectivity index (χ1v) is 6.42. The van der Waals surface area contributed by atoms with Crippen molar-refractivity contribution in [1.82, 2.24) is 4.98 Å². The Morgan fingerprint density at radius 1 is 1.05 bits per heavy atom. The van der Waals surface area contributed by atoms with Crippen LogP contribution in [0.2, 0.25) is 5.02 Å². The zero-order valence-corrected chi connectivity index (χ0v) is 11.2. The van der Waals surface area contributed by atoms with Gasteiger partial charge in [-0.05, 0) is 30.3 Å². The van der Waals surface area contributed by atoms with E-state index in [1.165, 1.54) is 0 Å². The lowest BCUT2D eigenvalue weighted by atomic mass is 10.2. The molecule has 0 fully saturated rings. The van der Waals surface area contributed by atoms with E-state index in [1.807, 2.05) is 30.3 Å². The van der Waals surface area contributed by atoms with Crippen molar-refractivity contribution in [2.45, 2.75) is 0 Å². The highest BCUT2D eigenvalue weighted by Crippen LogP contribution is 2.30. The summed E-state index contributed by atoms with van der Waals surface area (Å²) in [5.41, 5.74) is 1.16. The van der Waals surface area contributed by atoms with Gasteiger partial charge in [-0.2, -0.15) is 0 Å². The molecule has 3 rings (SSSR count). The highest BCUT2D eigenvalue weighted by molar-refractivity contribution is 6.30. The van der Waals surface area contributed by atoms with Gasteiger partial charge < -0.3 is 4.74 Å². The van der Waals surface area contributed by atoms with Crippen LogP contribution in [0.4, 0.5) is 0 Å². The molecule has 0 radical (unpaired) electrons. The molecule has 0 bridgehead atoms. The van der Waals surface area contributed by atoms with E-state index in [-0.39, 0.29) is 0 Å². The van der Waals surface area contributed by atoms with Gasteiger partial charge in [0.2, 0.25) is 0 Å². The van der Waals surface area contributed by atoms with Gasteiger partial charge in [0.05, 0.1) is 5.56 Å². The SMILES string of the molecule is O=Cc1cc(Cl)ccc1Oc1cccc2cccnc12. The summed E-state index contributed by atoms with van der Waals surface area (Å²) in [6.45, 7) is 0. The van der Waals surface area contributed by atoms with Crippen LogP contribution in [0.5, 0.6) is 11.5 Å². The highest BCUT2D eigenvalue weighted by atomic mass is 35.5. The fourth-order valence-electron chi connectivity index (χ4n) is 1.98. The summed E-state index contributed by atoms with van der Waals surface area (Å²) in [7, 11) is 0. The van der Waals surface area contributed by atoms with Crippen molar-refractivity contribution in [1.29, 1.82) is 0 Å². The van der Waals surface area contributed by atoms with Crippen molar-refractivity contribution in [2.24, 2.45) is 0 Å². The number of aromatic nitrogens is 1. The van der Waals surface area contributed by atoms with E-state index in [2.05, 4.69) is 4.98 Å². The molecule has 0 unspecified atom stereocenters. The molecule has 20 heavy (non-hydrogen) atoms. The molecule has 3 nitrogen and oxygen atoms in total. The number of ether oxygens (including phenoxy) is 1. The third-order valence-corrected chi connectivity index (χ3v) is 3.15. The summed E-state index contributed by atoms with van der Waals surface area (Å²) in [6.07, 6.45) is 2.43. The normalized spacial score (nSPS) is 10.4. The number of hydrogen-bond donors (Lipinski definition) is 0. The van der Waals surface area contributed by atoms with Crippen molar-refractivity contribution < 1.29 is 9.53 Å². The summed E-state index contributed by atoms with van der Waals surface area (Å²) in [4.78, 5) is 15.4. The van der Waals surface area contributed by atoms with Gasteiger partial charge in [-0.1, -0.05) is 29.8 Å². The second-order valence-electron chi connectivity index (χ2n) is 4.23. The van der Waals surface area contributed by atoms with Crippen LogP contribution in [0.1, 0.15) is 10.4 Å². The average molecular weight is 284 g/mol. The average Bonchev–Trinajstić information content (AvgIpc) is 2.49. The van der Waals surface area contributed by atoms with Crippen molar-refractivity contribution in [3.8, 4) is 11.5 Å². The third-order valence-electron chi connectivity index (χ3n) is 2.91. The number of carbonyl (C=O) groups excluding carboxylic acids is 1. The summed E-state index contributed by atoms with van der Waals surface area (Å²) < 4.78 is 5.82. The van der Waals surface area contributed by atoms with Gasteiger partial charge in [0.1, 0.15) is 11.3 Å². The first-order chi connectivity index (χ1) is 9.78. The van der Waals surface area contributed by atoms with Crippen molar-refractivity contribution in [3.05, 3.63) is 65.3 Å². The largest absolute Gasteiger partial charge is 0.454 e. The van der Waals surface area contributed by atoms with Crippen LogP contribution in [0, 0.1) is 0 Å². The summed E-state index contributed by atoms with van der Waals surface area (Å²) in [5.74, 6) is 1.07. The number of aldehydes is 1. The molecule has 0 aliphatic heterocycles. The van der Waals surface area contributed by atoms with Gasteiger partial charge in [-0.3, -0.25) is 9.78 Å². The van der Waals surface area contributed by atoms with E-state index in [9.17, 15) is 4.79 Å². The van der Waals surface area contributed by atoms with Gasteiger partial charge in [0.15, 0.2) is 12.0 Å². The Labute approximate surface area is 120 Å². The van der Waals surface area contributed by atoms with Crippen LogP contribution in [0.25, 0.3) is 10.9 Å². The molecule has 0 aliphatic carbocycles. The molecule has 1 aromatic heterocycles. The lowest BCUT2D eigenvalue weighted by Crippen LogP contribution is -1.92. The lowest BCUT2D eigenvalue weighted by molar-refractivity contribution is 0.112. The van der Waals surface area contributed by atoms with Crippen LogP contribution in [-0.2, 0) is 0 Å². The van der Waals surface area contributed by atoms with E-state index >= 15 is 0 Å². The molecular weight excluding hydrogens is 274 g/mol. The zero-order valence-electron chi connectivity index (χ0n) is 10.4. The summed E-state index contributed by atoms with van der Waals surface area (Å²) in [6, 6.07) is 14.4. The Balaban J connectivity index is 2.08. The van der Waals surface area contributed by atoms with Crippen LogP contribution in [-0.4, -0.2) is 11.3 Å². The number of halogens is 1. The molecular formula is C16H10ClNO2. The quantitative estimate of drug-likeness (QED) is 0.665. The number of carbonyl (C=O) groups is 1. The number of fused-ring (bicyclic) bond motifs is 1. The Morgan fingerprint density at radius 2 is 1.90 bits per heavy atom. The van der Waals surface area contributed by atoms with Gasteiger partial charge in [0.25, 0.3) is 0 Å². The first-order valence-electron chi connectivity index (χ1n) is 6.04. The minimum absolute atomic E-state index is 0.408. The third kappa shape index (κ3) is 2.36. The lowest BCUT2D eigenvalue weighted by Gasteiger charge is -2.10. The topological polar surface area (TPSA) is 39.2 Å². The fourth-order valence-corrected chi connectivity index (χ4v) is 2.16. The summed E-state index contributed by atoms with van der Waals surface area (Å²) >= 11 is 5.87. The minimum Gasteiger partial charge on any atom is -0.454 e. The van der Waals surface area contributed by atoms with Gasteiger partial charge in [-0.15, -0.1) is 0 Å². The first kappa shape index (κ1) is 12.6. The van der Waals surface area contributed by atoms with Gasteiger partial charge in [-0.25, -0.2) is 0 Å². The van der Waals surface area contributed by atoms with E-state index in [1.54, 1.807) is 24.4 Å². The Hall–Kier alpha value is -2.39. The number of para-hydroxylation sites is 1. The second kappa shape index (κ2) is 5.31. The molecule has 2 aromatic carbocycles. The molecule has 0 saturated carbocycles. The van der Waals surface area contributed by atoms with E-state index < -0.39 is 0 Å². The molecule has 0 atom stereocenters. The number of rotatable bonds is 3. The van der Waals surface area contributed by atoms with Crippen molar-refractivity contribution in [3.63, 3.8) is 0 Å². The van der Waals surface area contributed by atoms with E-state index in [0.717, 1.165) is 17.2 Å². The zero-order chi connectivity index (χ0) is 13.9. The Kier molecular flexibility index (Phi) is 3.35. The predicted molar refractivity (Wildman–Crippen MR) is 78.7 cm³/mol. The molecule has 0 N–H and O–H groups in total. The minimum atomic E-state index is 0.408. The number of hydrogen-bond acceptors (Lipinski definition) is 3. The van der Waals surface area contributed by atoms with Crippen molar-refractivity contribution in [2.75, 3.05) is 0 Å². The monoisotopic (exact) mass is 283 g/mol. The molecule has 4 heteroatoms. The molecule has 0 amide bonds. The maximum atomic E-state index is 11.1. The highest BCUT2D eigenvalue weighted by Gasteiger charge is 2.08. The molecule has 98 valence electrons. The van der Waals surface area contributed by atoms with Crippen LogP contribution < -0.4 is 4.74 Å². The van der Waals surface area contributed by atoms with E-state index in [4.69, 9.17) is 16.3 Å². The standard InChI is InChI=1S/C16H10ClNO2/c17-13-6-7-14(12(9-13)10-19)20-15-5-1-3-11-4-2-8-18-16(11)15/h1-10H. The number of benzene rings is 2. The molecule has 0 aliphatic rings. The van der Waals surface area contributed by atoms with Crippen LogP contribution in [0.3, 0.4) is 0 Å². The number of pyridine rings is 1. The predicted octanol–water partition coefficient (Wildman–Crippen LogP) is 4.49. The smallest absolute Gasteiger partial charge is 0.153 e. The van der Waals surface area contributed by atoms with Crippen LogP contribution >= 0.6 is 11.6 Å². The second-order valence-corrected chi connectivity index (χ2v) is 4.67. The van der Waals surface area contributed by atoms with E-state index in [0.29, 0.717) is 22.1 Å². The molecule has 0 spiro atoms. The van der Waals surface area contributed by atoms with Crippen LogP contribution in [0.15, 0.2) is 54.7 Å². The van der Waals surface area contributed by atoms with Gasteiger partial charge >= 0.3 is 0 Å². The molecule has 1 heterocycles. The maximum absolute atomic E-state index is 11.1.